The summed E-state index contributed by atoms with van der Waals surface area (Å²) >= 11 is 7.48. The standard InChI is InChI=1S/C10H11IN2S/c11-8-3-1-2-4-9(8)13-10(14)12-7-5-6-7/h1-4,7H,5-6H2,(H2,12,13,14). The van der Waals surface area contributed by atoms with Crippen LogP contribution in [0.25, 0.3) is 0 Å². The largest absolute Gasteiger partial charge is 0.360 e. The molecule has 1 aromatic rings. The Morgan fingerprint density at radius 1 is 1.36 bits per heavy atom. The Labute approximate surface area is 103 Å². The van der Waals surface area contributed by atoms with E-state index >= 15 is 0 Å². The van der Waals surface area contributed by atoms with Crippen LogP contribution in [0.5, 0.6) is 0 Å². The lowest BCUT2D eigenvalue weighted by Crippen LogP contribution is -2.30. The van der Waals surface area contributed by atoms with E-state index in [0.717, 1.165) is 10.8 Å². The molecule has 0 heterocycles. The minimum Gasteiger partial charge on any atom is -0.360 e. The Bertz CT molecular complexity index is 350. The van der Waals surface area contributed by atoms with Crippen molar-refractivity contribution in [2.24, 2.45) is 0 Å². The van der Waals surface area contributed by atoms with Crippen molar-refractivity contribution >= 4 is 45.6 Å². The Balaban J connectivity index is 1.95. The predicted molar refractivity (Wildman–Crippen MR) is 71.5 cm³/mol. The van der Waals surface area contributed by atoms with Gasteiger partial charge in [0.2, 0.25) is 0 Å². The van der Waals surface area contributed by atoms with Gasteiger partial charge in [-0.25, -0.2) is 0 Å². The summed E-state index contributed by atoms with van der Waals surface area (Å²) in [5, 5.41) is 7.17. The van der Waals surface area contributed by atoms with Gasteiger partial charge in [-0.2, -0.15) is 0 Å². The third kappa shape index (κ3) is 2.81. The molecule has 1 aromatic carbocycles. The summed E-state index contributed by atoms with van der Waals surface area (Å²) in [5.74, 6) is 0. The van der Waals surface area contributed by atoms with Gasteiger partial charge in [-0.05, 0) is 59.8 Å². The molecule has 0 amide bonds. The number of para-hydroxylation sites is 1. The average molecular weight is 318 g/mol. The van der Waals surface area contributed by atoms with E-state index in [4.69, 9.17) is 12.2 Å². The first-order valence-electron chi connectivity index (χ1n) is 4.58. The minimum atomic E-state index is 0.608. The highest BCUT2D eigenvalue weighted by Crippen LogP contribution is 2.20. The third-order valence-electron chi connectivity index (χ3n) is 2.03. The smallest absolute Gasteiger partial charge is 0.171 e. The molecule has 2 N–H and O–H groups in total. The fourth-order valence-corrected chi connectivity index (χ4v) is 1.93. The molecule has 2 rings (SSSR count). The molecule has 0 aliphatic heterocycles. The van der Waals surface area contributed by atoms with E-state index in [-0.39, 0.29) is 0 Å². The highest BCUT2D eigenvalue weighted by molar-refractivity contribution is 14.1. The van der Waals surface area contributed by atoms with Gasteiger partial charge in [0, 0.05) is 9.61 Å². The molecule has 1 fully saturated rings. The van der Waals surface area contributed by atoms with Gasteiger partial charge < -0.3 is 10.6 Å². The Kier molecular flexibility index (Phi) is 3.22. The molecular weight excluding hydrogens is 307 g/mol. The summed E-state index contributed by atoms with van der Waals surface area (Å²) in [6.07, 6.45) is 2.49. The molecule has 2 nitrogen and oxygen atoms in total. The Morgan fingerprint density at radius 3 is 2.71 bits per heavy atom. The molecule has 74 valence electrons. The van der Waals surface area contributed by atoms with Crippen molar-refractivity contribution in [3.8, 4) is 0 Å². The van der Waals surface area contributed by atoms with E-state index in [1.54, 1.807) is 0 Å². The van der Waals surface area contributed by atoms with Crippen molar-refractivity contribution in [3.63, 3.8) is 0 Å². The van der Waals surface area contributed by atoms with E-state index in [2.05, 4.69) is 39.3 Å². The molecule has 0 saturated heterocycles. The number of hydrogen-bond acceptors (Lipinski definition) is 1. The van der Waals surface area contributed by atoms with Gasteiger partial charge in [0.05, 0.1) is 5.69 Å². The van der Waals surface area contributed by atoms with Crippen molar-refractivity contribution in [2.45, 2.75) is 18.9 Å². The maximum absolute atomic E-state index is 5.19. The molecule has 0 unspecified atom stereocenters. The quantitative estimate of drug-likeness (QED) is 0.648. The Hall–Kier alpha value is -0.360. The van der Waals surface area contributed by atoms with Gasteiger partial charge in [-0.15, -0.1) is 0 Å². The first kappa shape index (κ1) is 10.2. The van der Waals surface area contributed by atoms with Gasteiger partial charge >= 0.3 is 0 Å². The van der Waals surface area contributed by atoms with Crippen LogP contribution in [-0.4, -0.2) is 11.2 Å². The van der Waals surface area contributed by atoms with Crippen LogP contribution in [0.15, 0.2) is 24.3 Å². The SMILES string of the molecule is S=C(Nc1ccccc1I)NC1CC1. The maximum atomic E-state index is 5.19. The zero-order valence-corrected chi connectivity index (χ0v) is 10.6. The lowest BCUT2D eigenvalue weighted by atomic mass is 10.3. The van der Waals surface area contributed by atoms with Crippen LogP contribution in [-0.2, 0) is 0 Å². The van der Waals surface area contributed by atoms with Crippen LogP contribution < -0.4 is 10.6 Å². The van der Waals surface area contributed by atoms with Crippen LogP contribution in [0.1, 0.15) is 12.8 Å². The summed E-state index contributed by atoms with van der Waals surface area (Å²) in [6, 6.07) is 8.72. The predicted octanol–water partition coefficient (Wildman–Crippen LogP) is 2.74. The summed E-state index contributed by atoms with van der Waals surface area (Å²) in [7, 11) is 0. The second kappa shape index (κ2) is 4.44. The zero-order valence-electron chi connectivity index (χ0n) is 7.59. The number of benzene rings is 1. The number of thiocarbonyl (C=S) groups is 1. The van der Waals surface area contributed by atoms with E-state index in [0.29, 0.717) is 6.04 Å². The highest BCUT2D eigenvalue weighted by atomic mass is 127. The molecule has 1 saturated carbocycles. The molecule has 0 bridgehead atoms. The highest BCUT2D eigenvalue weighted by Gasteiger charge is 2.21. The summed E-state index contributed by atoms with van der Waals surface area (Å²) < 4.78 is 1.19. The van der Waals surface area contributed by atoms with Crippen LogP contribution in [0.3, 0.4) is 0 Å². The molecule has 1 aliphatic carbocycles. The average Bonchev–Trinajstić information content (AvgIpc) is 2.93. The van der Waals surface area contributed by atoms with E-state index in [9.17, 15) is 0 Å². The second-order valence-electron chi connectivity index (χ2n) is 3.35. The van der Waals surface area contributed by atoms with Gasteiger partial charge in [-0.3, -0.25) is 0 Å². The van der Waals surface area contributed by atoms with Gasteiger partial charge in [0.25, 0.3) is 0 Å². The lowest BCUT2D eigenvalue weighted by molar-refractivity contribution is 0.919. The summed E-state index contributed by atoms with van der Waals surface area (Å²) in [6.45, 7) is 0. The Morgan fingerprint density at radius 2 is 2.07 bits per heavy atom. The maximum Gasteiger partial charge on any atom is 0.171 e. The van der Waals surface area contributed by atoms with Gasteiger partial charge in [-0.1, -0.05) is 12.1 Å². The number of halogens is 1. The molecule has 0 radical (unpaired) electrons. The van der Waals surface area contributed by atoms with Crippen LogP contribution >= 0.6 is 34.8 Å². The monoisotopic (exact) mass is 318 g/mol. The number of anilines is 1. The molecule has 14 heavy (non-hydrogen) atoms. The van der Waals surface area contributed by atoms with Crippen molar-refractivity contribution in [1.29, 1.82) is 0 Å². The zero-order chi connectivity index (χ0) is 9.97. The van der Waals surface area contributed by atoms with E-state index in [1.807, 2.05) is 18.2 Å². The third-order valence-corrected chi connectivity index (χ3v) is 3.20. The van der Waals surface area contributed by atoms with Crippen LogP contribution in [0.4, 0.5) is 5.69 Å². The van der Waals surface area contributed by atoms with Crippen LogP contribution in [0, 0.1) is 3.57 Å². The molecule has 0 atom stereocenters. The fraction of sp³-hybridized carbons (Fsp3) is 0.300. The molecule has 1 aliphatic rings. The topological polar surface area (TPSA) is 24.1 Å². The number of hydrogen-bond donors (Lipinski definition) is 2. The molecule has 4 heteroatoms. The number of nitrogens with one attached hydrogen (secondary N) is 2. The normalized spacial score (nSPS) is 14.9. The van der Waals surface area contributed by atoms with Crippen LogP contribution in [0.2, 0.25) is 0 Å². The number of rotatable bonds is 2. The molecular formula is C10H11IN2S. The second-order valence-corrected chi connectivity index (χ2v) is 4.92. The van der Waals surface area contributed by atoms with E-state index < -0.39 is 0 Å². The molecule has 0 aromatic heterocycles. The fourth-order valence-electron chi connectivity index (χ4n) is 1.13. The first-order chi connectivity index (χ1) is 6.75. The van der Waals surface area contributed by atoms with E-state index in [1.165, 1.54) is 16.4 Å². The first-order valence-corrected chi connectivity index (χ1v) is 6.06. The summed E-state index contributed by atoms with van der Waals surface area (Å²) in [4.78, 5) is 0. The lowest BCUT2D eigenvalue weighted by Gasteiger charge is -2.10. The van der Waals surface area contributed by atoms with Crippen molar-refractivity contribution in [1.82, 2.24) is 5.32 Å². The van der Waals surface area contributed by atoms with Crippen molar-refractivity contribution in [3.05, 3.63) is 27.8 Å². The van der Waals surface area contributed by atoms with Crippen molar-refractivity contribution < 1.29 is 0 Å². The minimum absolute atomic E-state index is 0.608. The van der Waals surface area contributed by atoms with Gasteiger partial charge in [0.1, 0.15) is 0 Å². The molecule has 0 spiro atoms. The van der Waals surface area contributed by atoms with Gasteiger partial charge in [0.15, 0.2) is 5.11 Å². The van der Waals surface area contributed by atoms with Crippen molar-refractivity contribution in [2.75, 3.05) is 5.32 Å². The summed E-state index contributed by atoms with van der Waals surface area (Å²) in [5.41, 5.74) is 1.08.